The number of anilines is 1. The zero-order chi connectivity index (χ0) is 13.3. The summed E-state index contributed by atoms with van der Waals surface area (Å²) >= 11 is 0. The van der Waals surface area contributed by atoms with E-state index >= 15 is 0 Å². The molecule has 0 saturated heterocycles. The Morgan fingerprint density at radius 2 is 2.28 bits per heavy atom. The summed E-state index contributed by atoms with van der Waals surface area (Å²) < 4.78 is 1.57. The summed E-state index contributed by atoms with van der Waals surface area (Å²) in [4.78, 5) is 27.0. The van der Waals surface area contributed by atoms with Crippen LogP contribution < -0.4 is 10.9 Å². The van der Waals surface area contributed by atoms with Gasteiger partial charge in [-0.05, 0) is 26.7 Å². The van der Waals surface area contributed by atoms with Crippen LogP contribution in [0.2, 0.25) is 0 Å². The molecule has 0 aromatic carbocycles. The molecular weight excluding hydrogens is 234 g/mol. The zero-order valence-electron chi connectivity index (χ0n) is 10.5. The molecule has 98 valence electrons. The molecule has 0 amide bonds. The van der Waals surface area contributed by atoms with Crippen molar-refractivity contribution in [1.82, 2.24) is 9.55 Å². The molecular formula is C12H17N3O3. The predicted octanol–water partition coefficient (Wildman–Crippen LogP) is 1.10. The lowest BCUT2D eigenvalue weighted by molar-refractivity contribution is -0.142. The van der Waals surface area contributed by atoms with Crippen LogP contribution in [0.4, 0.5) is 5.82 Å². The van der Waals surface area contributed by atoms with Gasteiger partial charge in [-0.15, -0.1) is 0 Å². The van der Waals surface area contributed by atoms with Crippen molar-refractivity contribution >= 4 is 11.8 Å². The SMILES string of the molecule is CC(C)n1ccnc(NCC2(C(=O)O)CC2)c1=O. The topological polar surface area (TPSA) is 84.2 Å². The highest BCUT2D eigenvalue weighted by Gasteiger charge is 2.50. The van der Waals surface area contributed by atoms with Crippen molar-refractivity contribution in [3.05, 3.63) is 22.7 Å². The maximum atomic E-state index is 12.0. The van der Waals surface area contributed by atoms with E-state index in [2.05, 4.69) is 10.3 Å². The molecule has 6 nitrogen and oxygen atoms in total. The third-order valence-electron chi connectivity index (χ3n) is 3.33. The molecule has 0 radical (unpaired) electrons. The van der Waals surface area contributed by atoms with Crippen LogP contribution in [0.3, 0.4) is 0 Å². The summed E-state index contributed by atoms with van der Waals surface area (Å²) in [7, 11) is 0. The van der Waals surface area contributed by atoms with Crippen LogP contribution in [-0.4, -0.2) is 27.2 Å². The Morgan fingerprint density at radius 1 is 1.61 bits per heavy atom. The number of nitrogens with one attached hydrogen (secondary N) is 1. The molecule has 0 bridgehead atoms. The number of rotatable bonds is 5. The molecule has 1 aliphatic rings. The molecule has 1 aromatic rings. The van der Waals surface area contributed by atoms with E-state index in [9.17, 15) is 9.59 Å². The highest BCUT2D eigenvalue weighted by molar-refractivity contribution is 5.78. The average Bonchev–Trinajstić information content (AvgIpc) is 3.08. The summed E-state index contributed by atoms with van der Waals surface area (Å²) in [5, 5.41) is 11.9. The maximum absolute atomic E-state index is 12.0. The molecule has 0 aliphatic heterocycles. The van der Waals surface area contributed by atoms with Gasteiger partial charge in [-0.3, -0.25) is 9.59 Å². The van der Waals surface area contributed by atoms with Crippen LogP contribution >= 0.6 is 0 Å². The zero-order valence-corrected chi connectivity index (χ0v) is 10.5. The highest BCUT2D eigenvalue weighted by atomic mass is 16.4. The number of carbonyl (C=O) groups is 1. The first-order chi connectivity index (χ1) is 8.46. The number of carboxylic acid groups (broad SMARTS) is 1. The number of aromatic nitrogens is 2. The normalized spacial score (nSPS) is 16.6. The van der Waals surface area contributed by atoms with Crippen molar-refractivity contribution in [2.75, 3.05) is 11.9 Å². The smallest absolute Gasteiger partial charge is 0.311 e. The minimum absolute atomic E-state index is 0.0513. The molecule has 1 saturated carbocycles. The van der Waals surface area contributed by atoms with Crippen LogP contribution in [0.25, 0.3) is 0 Å². The molecule has 2 N–H and O–H groups in total. The fraction of sp³-hybridized carbons (Fsp3) is 0.583. The Hall–Kier alpha value is -1.85. The standard InChI is InChI=1S/C12H17N3O3/c1-8(2)15-6-5-13-9(10(15)16)14-7-12(3-4-12)11(17)18/h5-6,8H,3-4,7H2,1-2H3,(H,13,14)(H,17,18). The molecule has 6 heteroatoms. The van der Waals surface area contributed by atoms with Gasteiger partial charge in [0.1, 0.15) is 0 Å². The first-order valence-corrected chi connectivity index (χ1v) is 6.01. The lowest BCUT2D eigenvalue weighted by atomic mass is 10.1. The van der Waals surface area contributed by atoms with Crippen LogP contribution in [0, 0.1) is 5.41 Å². The summed E-state index contributed by atoms with van der Waals surface area (Å²) in [5.41, 5.74) is -0.916. The Morgan fingerprint density at radius 3 is 2.78 bits per heavy atom. The largest absolute Gasteiger partial charge is 0.481 e. The van der Waals surface area contributed by atoms with Gasteiger partial charge >= 0.3 is 5.97 Å². The van der Waals surface area contributed by atoms with E-state index in [1.807, 2.05) is 13.8 Å². The third kappa shape index (κ3) is 2.23. The van der Waals surface area contributed by atoms with E-state index in [0.29, 0.717) is 12.8 Å². The Bertz CT molecular complexity index is 518. The van der Waals surface area contributed by atoms with Crippen molar-refractivity contribution < 1.29 is 9.90 Å². The lowest BCUT2D eigenvalue weighted by Crippen LogP contribution is -2.30. The average molecular weight is 251 g/mol. The van der Waals surface area contributed by atoms with E-state index in [1.54, 1.807) is 17.0 Å². The number of hydrogen-bond donors (Lipinski definition) is 2. The van der Waals surface area contributed by atoms with Gasteiger partial charge in [0, 0.05) is 25.0 Å². The minimum Gasteiger partial charge on any atom is -0.481 e. The van der Waals surface area contributed by atoms with Gasteiger partial charge in [0.05, 0.1) is 5.41 Å². The van der Waals surface area contributed by atoms with E-state index in [4.69, 9.17) is 5.11 Å². The summed E-state index contributed by atoms with van der Waals surface area (Å²) in [6.45, 7) is 4.07. The van der Waals surface area contributed by atoms with Gasteiger partial charge in [-0.2, -0.15) is 0 Å². The fourth-order valence-corrected chi connectivity index (χ4v) is 1.82. The summed E-state index contributed by atoms with van der Waals surface area (Å²) in [6.07, 6.45) is 4.48. The van der Waals surface area contributed by atoms with Gasteiger partial charge in [0.25, 0.3) is 5.56 Å². The molecule has 1 heterocycles. The van der Waals surface area contributed by atoms with Crippen LogP contribution in [0.5, 0.6) is 0 Å². The summed E-state index contributed by atoms with van der Waals surface area (Å²) in [5.74, 6) is -0.589. The van der Waals surface area contributed by atoms with Crippen molar-refractivity contribution in [3.8, 4) is 0 Å². The molecule has 0 spiro atoms. The minimum atomic E-state index is -0.810. The molecule has 1 fully saturated rings. The number of nitrogens with zero attached hydrogens (tertiary/aromatic N) is 2. The molecule has 18 heavy (non-hydrogen) atoms. The van der Waals surface area contributed by atoms with Gasteiger partial charge in [-0.1, -0.05) is 0 Å². The second-order valence-corrected chi connectivity index (χ2v) is 5.02. The summed E-state index contributed by atoms with van der Waals surface area (Å²) in [6, 6.07) is 0.0513. The molecule has 2 rings (SSSR count). The Balaban J connectivity index is 2.13. The van der Waals surface area contributed by atoms with Gasteiger partial charge in [0.15, 0.2) is 5.82 Å². The Labute approximate surface area is 105 Å². The van der Waals surface area contributed by atoms with Crippen molar-refractivity contribution in [3.63, 3.8) is 0 Å². The van der Waals surface area contributed by atoms with E-state index < -0.39 is 11.4 Å². The lowest BCUT2D eigenvalue weighted by Gasteiger charge is -2.14. The quantitative estimate of drug-likeness (QED) is 0.818. The maximum Gasteiger partial charge on any atom is 0.311 e. The number of carboxylic acids is 1. The molecule has 0 atom stereocenters. The number of aliphatic carboxylic acids is 1. The van der Waals surface area contributed by atoms with Crippen LogP contribution in [0.1, 0.15) is 32.7 Å². The van der Waals surface area contributed by atoms with Gasteiger partial charge < -0.3 is 15.0 Å². The third-order valence-corrected chi connectivity index (χ3v) is 3.33. The van der Waals surface area contributed by atoms with Crippen molar-refractivity contribution in [2.45, 2.75) is 32.7 Å². The fourth-order valence-electron chi connectivity index (χ4n) is 1.82. The molecule has 0 unspecified atom stereocenters. The molecule has 1 aromatic heterocycles. The second-order valence-electron chi connectivity index (χ2n) is 5.02. The Kier molecular flexibility index (Phi) is 3.11. The monoisotopic (exact) mass is 251 g/mol. The number of hydrogen-bond acceptors (Lipinski definition) is 4. The predicted molar refractivity (Wildman–Crippen MR) is 66.7 cm³/mol. The molecule has 1 aliphatic carbocycles. The van der Waals surface area contributed by atoms with E-state index in [-0.39, 0.29) is 24.0 Å². The van der Waals surface area contributed by atoms with Gasteiger partial charge in [-0.25, -0.2) is 4.98 Å². The van der Waals surface area contributed by atoms with Crippen LogP contribution in [-0.2, 0) is 4.79 Å². The van der Waals surface area contributed by atoms with Crippen LogP contribution in [0.15, 0.2) is 17.2 Å². The first-order valence-electron chi connectivity index (χ1n) is 6.01. The second kappa shape index (κ2) is 4.44. The highest BCUT2D eigenvalue weighted by Crippen LogP contribution is 2.45. The van der Waals surface area contributed by atoms with Gasteiger partial charge in [0.2, 0.25) is 0 Å². The van der Waals surface area contributed by atoms with E-state index in [1.165, 1.54) is 0 Å². The first kappa shape index (κ1) is 12.6. The van der Waals surface area contributed by atoms with Crippen molar-refractivity contribution in [2.24, 2.45) is 5.41 Å². The van der Waals surface area contributed by atoms with E-state index in [0.717, 1.165) is 0 Å². The van der Waals surface area contributed by atoms with Crippen molar-refractivity contribution in [1.29, 1.82) is 0 Å².